The van der Waals surface area contributed by atoms with Gasteiger partial charge in [-0.15, -0.1) is 0 Å². The quantitative estimate of drug-likeness (QED) is 0.657. The van der Waals surface area contributed by atoms with Gasteiger partial charge in [0.1, 0.15) is 17.0 Å². The van der Waals surface area contributed by atoms with E-state index in [0.717, 1.165) is 6.26 Å². The number of carbonyl (C=O) groups excluding carboxylic acids is 1. The van der Waals surface area contributed by atoms with Crippen LogP contribution in [0, 0.1) is 0 Å². The third-order valence-electron chi connectivity index (χ3n) is 5.31. The van der Waals surface area contributed by atoms with E-state index in [1.807, 2.05) is 11.8 Å². The van der Waals surface area contributed by atoms with Crippen molar-refractivity contribution in [1.82, 2.24) is 15.3 Å². The first-order valence-corrected chi connectivity index (χ1v) is 11.4. The highest BCUT2D eigenvalue weighted by Crippen LogP contribution is 2.43. The van der Waals surface area contributed by atoms with Gasteiger partial charge in [-0.25, -0.2) is 18.4 Å². The lowest BCUT2D eigenvalue weighted by Gasteiger charge is -2.45. The smallest absolute Gasteiger partial charge is 0.289 e. The molecule has 1 amide bonds. The van der Waals surface area contributed by atoms with Crippen LogP contribution in [0.15, 0.2) is 0 Å². The number of amides is 1. The maximum atomic E-state index is 12.6. The zero-order valence-corrected chi connectivity index (χ0v) is 18.1. The molecule has 3 heterocycles. The molecular weight excluding hydrogens is 400 g/mol. The second-order valence-corrected chi connectivity index (χ2v) is 10.7. The van der Waals surface area contributed by atoms with E-state index in [0.29, 0.717) is 25.6 Å². The summed E-state index contributed by atoms with van der Waals surface area (Å²) < 4.78 is 35.1. The molecule has 2 N–H and O–H groups in total. The molecule has 162 valence electrons. The molecule has 0 saturated carbocycles. The predicted molar refractivity (Wildman–Crippen MR) is 106 cm³/mol. The SMILES string of the molecule is CC(O)CNC(=O)c1nc2c(c(C(C)(C)S(C)(=O)=O)n1)OC[C@@H]1COC[C@@H](C)N21. The fourth-order valence-corrected chi connectivity index (χ4v) is 3.83. The molecule has 1 aromatic rings. The van der Waals surface area contributed by atoms with E-state index in [1.54, 1.807) is 6.92 Å². The molecular formula is C18H28N4O6S. The summed E-state index contributed by atoms with van der Waals surface area (Å²) in [5.74, 6) is -0.0974. The van der Waals surface area contributed by atoms with Gasteiger partial charge in [0.25, 0.3) is 5.91 Å². The molecule has 0 radical (unpaired) electrons. The van der Waals surface area contributed by atoms with E-state index in [4.69, 9.17) is 9.47 Å². The first-order chi connectivity index (χ1) is 13.4. The van der Waals surface area contributed by atoms with Gasteiger partial charge in [-0.05, 0) is 27.7 Å². The summed E-state index contributed by atoms with van der Waals surface area (Å²) in [7, 11) is -3.59. The fraction of sp³-hybridized carbons (Fsp3) is 0.722. The molecule has 0 aliphatic carbocycles. The summed E-state index contributed by atoms with van der Waals surface area (Å²) in [6.07, 6.45) is 0.382. The Hall–Kier alpha value is -1.98. The molecule has 3 rings (SSSR count). The van der Waals surface area contributed by atoms with Gasteiger partial charge in [-0.3, -0.25) is 4.79 Å². The molecule has 2 aliphatic heterocycles. The van der Waals surface area contributed by atoms with E-state index < -0.39 is 26.6 Å². The first kappa shape index (κ1) is 21.7. The number of aliphatic hydroxyl groups excluding tert-OH is 1. The lowest BCUT2D eigenvalue weighted by molar-refractivity contribution is 0.0481. The van der Waals surface area contributed by atoms with Crippen molar-refractivity contribution in [3.63, 3.8) is 0 Å². The van der Waals surface area contributed by atoms with Crippen molar-refractivity contribution in [2.75, 3.05) is 37.5 Å². The number of carbonyl (C=O) groups is 1. The number of aliphatic hydroxyl groups is 1. The topological polar surface area (TPSA) is 131 Å². The zero-order chi connectivity index (χ0) is 21.6. The maximum Gasteiger partial charge on any atom is 0.289 e. The second kappa shape index (κ2) is 7.69. The molecule has 0 bridgehead atoms. The van der Waals surface area contributed by atoms with Gasteiger partial charge in [-0.1, -0.05) is 0 Å². The molecule has 0 aromatic carbocycles. The molecule has 0 spiro atoms. The number of ether oxygens (including phenoxy) is 2. The Bertz CT molecular complexity index is 902. The van der Waals surface area contributed by atoms with Crippen LogP contribution in [0.1, 0.15) is 44.0 Å². The van der Waals surface area contributed by atoms with Gasteiger partial charge in [0, 0.05) is 12.8 Å². The average molecular weight is 429 g/mol. The first-order valence-electron chi connectivity index (χ1n) is 9.50. The Kier molecular flexibility index (Phi) is 5.76. The van der Waals surface area contributed by atoms with E-state index in [1.165, 1.54) is 13.8 Å². The maximum absolute atomic E-state index is 12.6. The van der Waals surface area contributed by atoms with Gasteiger partial charge in [0.2, 0.25) is 5.82 Å². The number of nitrogens with one attached hydrogen (secondary N) is 1. The summed E-state index contributed by atoms with van der Waals surface area (Å²) in [5.41, 5.74) is 0.143. The summed E-state index contributed by atoms with van der Waals surface area (Å²) in [6.45, 7) is 7.83. The number of anilines is 1. The molecule has 11 heteroatoms. The fourth-order valence-electron chi connectivity index (χ4n) is 3.34. The summed E-state index contributed by atoms with van der Waals surface area (Å²) >= 11 is 0. The van der Waals surface area contributed by atoms with E-state index in [2.05, 4.69) is 15.3 Å². The second-order valence-electron chi connectivity index (χ2n) is 8.15. The van der Waals surface area contributed by atoms with Crippen LogP contribution in [-0.4, -0.2) is 80.2 Å². The van der Waals surface area contributed by atoms with E-state index in [-0.39, 0.29) is 35.9 Å². The van der Waals surface area contributed by atoms with Gasteiger partial charge in [0.15, 0.2) is 21.4 Å². The van der Waals surface area contributed by atoms with Crippen LogP contribution in [0.5, 0.6) is 5.75 Å². The molecule has 1 saturated heterocycles. The predicted octanol–water partition coefficient (Wildman–Crippen LogP) is -0.147. The summed E-state index contributed by atoms with van der Waals surface area (Å²) in [6, 6.07) is -0.127. The molecule has 1 unspecified atom stereocenters. The number of sulfone groups is 1. The number of nitrogens with zero attached hydrogens (tertiary/aromatic N) is 3. The molecule has 3 atom stereocenters. The van der Waals surface area contributed by atoms with Crippen molar-refractivity contribution in [2.45, 2.75) is 50.6 Å². The highest BCUT2D eigenvalue weighted by atomic mass is 32.2. The minimum Gasteiger partial charge on any atom is -0.486 e. The van der Waals surface area contributed by atoms with Crippen molar-refractivity contribution in [2.24, 2.45) is 0 Å². The van der Waals surface area contributed by atoms with E-state index in [9.17, 15) is 18.3 Å². The van der Waals surface area contributed by atoms with Crippen molar-refractivity contribution >= 4 is 21.6 Å². The largest absolute Gasteiger partial charge is 0.486 e. The highest BCUT2D eigenvalue weighted by molar-refractivity contribution is 7.91. The number of hydrogen-bond donors (Lipinski definition) is 2. The molecule has 1 aromatic heterocycles. The van der Waals surface area contributed by atoms with Crippen LogP contribution in [-0.2, 0) is 19.3 Å². The number of aromatic nitrogens is 2. The summed E-state index contributed by atoms with van der Waals surface area (Å²) in [5, 5.41) is 12.0. The van der Waals surface area contributed by atoms with Gasteiger partial charge >= 0.3 is 0 Å². The van der Waals surface area contributed by atoms with Crippen molar-refractivity contribution in [3.05, 3.63) is 11.5 Å². The number of morpholine rings is 1. The zero-order valence-electron chi connectivity index (χ0n) is 17.3. The van der Waals surface area contributed by atoms with Crippen LogP contribution in [0.4, 0.5) is 5.82 Å². The molecule has 1 fully saturated rings. The van der Waals surface area contributed by atoms with Crippen LogP contribution in [0.3, 0.4) is 0 Å². The lowest BCUT2D eigenvalue weighted by atomic mass is 10.0. The Balaban J connectivity index is 2.17. The Morgan fingerprint density at radius 3 is 2.66 bits per heavy atom. The van der Waals surface area contributed by atoms with Crippen LogP contribution in [0.2, 0.25) is 0 Å². The minimum absolute atomic E-state index is 0.0250. The van der Waals surface area contributed by atoms with E-state index >= 15 is 0 Å². The lowest BCUT2D eigenvalue weighted by Crippen LogP contribution is -2.56. The molecule has 10 nitrogen and oxygen atoms in total. The number of fused-ring (bicyclic) bond motifs is 3. The third kappa shape index (κ3) is 4.03. The van der Waals surface area contributed by atoms with Gasteiger partial charge in [-0.2, -0.15) is 0 Å². The summed E-state index contributed by atoms with van der Waals surface area (Å²) in [4.78, 5) is 23.4. The minimum atomic E-state index is -3.59. The van der Waals surface area contributed by atoms with Gasteiger partial charge < -0.3 is 24.8 Å². The average Bonchev–Trinajstić information content (AvgIpc) is 2.63. The van der Waals surface area contributed by atoms with Crippen LogP contribution in [0.25, 0.3) is 0 Å². The number of rotatable bonds is 5. The standard InChI is InChI=1S/C18H28N4O6S/c1-10-7-27-8-12-9-28-13-14(18(3,4)29(5,25)26)20-15(21-16(13)22(10)12)17(24)19-6-11(2)23/h10-12,23H,6-9H2,1-5H3,(H,19,24)/t10-,11?,12+/m1/s1. The van der Waals surface area contributed by atoms with Crippen LogP contribution < -0.4 is 15.0 Å². The Morgan fingerprint density at radius 1 is 1.34 bits per heavy atom. The van der Waals surface area contributed by atoms with Crippen molar-refractivity contribution in [3.8, 4) is 5.75 Å². The normalized spacial score (nSPS) is 22.9. The molecule has 2 aliphatic rings. The Labute approximate surface area is 170 Å². The Morgan fingerprint density at radius 2 is 2.03 bits per heavy atom. The number of hydrogen-bond acceptors (Lipinski definition) is 9. The van der Waals surface area contributed by atoms with Crippen molar-refractivity contribution in [1.29, 1.82) is 0 Å². The highest BCUT2D eigenvalue weighted by Gasteiger charge is 2.44. The molecule has 29 heavy (non-hydrogen) atoms. The van der Waals surface area contributed by atoms with Crippen molar-refractivity contribution < 1.29 is 27.8 Å². The van der Waals surface area contributed by atoms with Gasteiger partial charge in [0.05, 0.1) is 31.4 Å². The third-order valence-corrected chi connectivity index (χ3v) is 7.36. The monoisotopic (exact) mass is 428 g/mol. The van der Waals surface area contributed by atoms with Crippen LogP contribution >= 0.6 is 0 Å².